The van der Waals surface area contributed by atoms with E-state index in [1.54, 1.807) is 17.1 Å². The lowest BCUT2D eigenvalue weighted by Gasteiger charge is -2.27. The van der Waals surface area contributed by atoms with Gasteiger partial charge in [0.05, 0.1) is 6.04 Å². The van der Waals surface area contributed by atoms with Crippen LogP contribution in [0, 0.1) is 11.7 Å². The van der Waals surface area contributed by atoms with Crippen LogP contribution in [0.15, 0.2) is 24.4 Å². The first-order valence-electron chi connectivity index (χ1n) is 10.1. The minimum Gasteiger partial charge on any atom is -0.361 e. The van der Waals surface area contributed by atoms with E-state index in [0.29, 0.717) is 11.8 Å². The molecule has 1 saturated carbocycles. The van der Waals surface area contributed by atoms with Gasteiger partial charge >= 0.3 is 0 Å². The summed E-state index contributed by atoms with van der Waals surface area (Å²) in [6.07, 6.45) is 4.77. The number of benzene rings is 1. The number of carbonyl (C=O) groups is 1. The molecule has 2 aromatic rings. The van der Waals surface area contributed by atoms with Gasteiger partial charge in [-0.05, 0) is 61.4 Å². The van der Waals surface area contributed by atoms with Crippen molar-refractivity contribution in [2.45, 2.75) is 52.0 Å². The van der Waals surface area contributed by atoms with Crippen LogP contribution in [0.2, 0.25) is 0 Å². The van der Waals surface area contributed by atoms with Crippen LogP contribution in [0.25, 0.3) is 10.9 Å². The van der Waals surface area contributed by atoms with Crippen molar-refractivity contribution in [1.82, 2.24) is 20.7 Å². The summed E-state index contributed by atoms with van der Waals surface area (Å²) >= 11 is 0. The number of carbonyl (C=O) groups excluding carboxylic acids is 1. The van der Waals surface area contributed by atoms with Gasteiger partial charge in [-0.3, -0.25) is 9.80 Å². The van der Waals surface area contributed by atoms with Crippen LogP contribution < -0.4 is 10.7 Å². The maximum absolute atomic E-state index is 13.6. The van der Waals surface area contributed by atoms with Gasteiger partial charge in [0.1, 0.15) is 5.82 Å². The third kappa shape index (κ3) is 4.50. The largest absolute Gasteiger partial charge is 0.361 e. The van der Waals surface area contributed by atoms with E-state index in [1.807, 2.05) is 20.0 Å². The van der Waals surface area contributed by atoms with Gasteiger partial charge in [-0.25, -0.2) is 9.82 Å². The first kappa shape index (κ1) is 19.8. The Hall–Kier alpha value is -1.92. The molecule has 1 amide bonds. The van der Waals surface area contributed by atoms with E-state index in [9.17, 15) is 9.18 Å². The summed E-state index contributed by atoms with van der Waals surface area (Å²) in [6, 6.07) is 4.72. The molecule has 0 saturated heterocycles. The molecule has 1 fully saturated rings. The zero-order chi connectivity index (χ0) is 19.4. The molecule has 3 rings (SSSR count). The fourth-order valence-corrected chi connectivity index (χ4v) is 3.84. The Kier molecular flexibility index (Phi) is 6.50. The van der Waals surface area contributed by atoms with E-state index in [0.717, 1.165) is 49.8 Å². The molecule has 0 aliphatic heterocycles. The van der Waals surface area contributed by atoms with Crippen molar-refractivity contribution in [3.05, 3.63) is 35.8 Å². The summed E-state index contributed by atoms with van der Waals surface area (Å²) in [5.74, 6) is 0.844. The van der Waals surface area contributed by atoms with Crippen molar-refractivity contribution in [1.29, 1.82) is 0 Å². The van der Waals surface area contributed by atoms with E-state index in [1.165, 1.54) is 11.6 Å². The maximum Gasteiger partial charge on any atom is 0.253 e. The lowest BCUT2D eigenvalue weighted by atomic mass is 10.1. The third-order valence-electron chi connectivity index (χ3n) is 5.39. The maximum atomic E-state index is 13.6. The van der Waals surface area contributed by atoms with Crippen molar-refractivity contribution in [3.63, 3.8) is 0 Å². The summed E-state index contributed by atoms with van der Waals surface area (Å²) in [6.45, 7) is 8.39. The summed E-state index contributed by atoms with van der Waals surface area (Å²) < 4.78 is 13.6. The molecule has 3 unspecified atom stereocenters. The van der Waals surface area contributed by atoms with Crippen molar-refractivity contribution in [2.24, 2.45) is 5.92 Å². The van der Waals surface area contributed by atoms with Gasteiger partial charge in [0.15, 0.2) is 0 Å². The van der Waals surface area contributed by atoms with E-state index in [2.05, 4.69) is 22.7 Å². The highest BCUT2D eigenvalue weighted by Gasteiger charge is 2.40. The summed E-state index contributed by atoms with van der Waals surface area (Å²) in [4.78, 5) is 16.0. The topological polar surface area (TPSA) is 60.2 Å². The molecule has 0 bridgehead atoms. The fourth-order valence-electron chi connectivity index (χ4n) is 3.84. The van der Waals surface area contributed by atoms with Crippen molar-refractivity contribution in [3.8, 4) is 0 Å². The number of fused-ring (bicyclic) bond motifs is 1. The smallest absolute Gasteiger partial charge is 0.253 e. The van der Waals surface area contributed by atoms with Gasteiger partial charge in [0, 0.05) is 30.2 Å². The van der Waals surface area contributed by atoms with Gasteiger partial charge in [0.2, 0.25) is 0 Å². The molecule has 0 radical (unpaired) electrons. The number of aromatic amines is 1. The lowest BCUT2D eigenvalue weighted by Crippen LogP contribution is -2.52. The van der Waals surface area contributed by atoms with Crippen molar-refractivity contribution in [2.75, 3.05) is 19.6 Å². The Morgan fingerprint density at radius 2 is 2.19 bits per heavy atom. The van der Waals surface area contributed by atoms with Gasteiger partial charge < -0.3 is 10.3 Å². The number of amides is 1. The zero-order valence-corrected chi connectivity index (χ0v) is 16.5. The Labute approximate surface area is 160 Å². The predicted molar refractivity (Wildman–Crippen MR) is 107 cm³/mol. The molecule has 1 aromatic carbocycles. The summed E-state index contributed by atoms with van der Waals surface area (Å²) in [5.41, 5.74) is 5.33. The van der Waals surface area contributed by atoms with E-state index in [4.69, 9.17) is 0 Å². The summed E-state index contributed by atoms with van der Waals surface area (Å²) in [5, 5.41) is 6.19. The van der Waals surface area contributed by atoms with Gasteiger partial charge in [-0.1, -0.05) is 20.8 Å². The van der Waals surface area contributed by atoms with Crippen molar-refractivity contribution < 1.29 is 9.18 Å². The molecule has 1 aromatic heterocycles. The normalized spacial score (nSPS) is 20.0. The molecule has 6 heteroatoms. The number of halogens is 1. The van der Waals surface area contributed by atoms with Crippen LogP contribution in [-0.2, 0) is 4.79 Å². The number of H-pyrrole nitrogens is 1. The average molecular weight is 375 g/mol. The van der Waals surface area contributed by atoms with Gasteiger partial charge in [0.25, 0.3) is 5.91 Å². The highest BCUT2D eigenvalue weighted by Crippen LogP contribution is 2.49. The summed E-state index contributed by atoms with van der Waals surface area (Å²) in [7, 11) is 0. The Bertz CT molecular complexity index is 769. The second kappa shape index (κ2) is 8.85. The Morgan fingerprint density at radius 3 is 2.89 bits per heavy atom. The number of hydrogen-bond donors (Lipinski definition) is 3. The third-order valence-corrected chi connectivity index (χ3v) is 5.39. The minimum atomic E-state index is -0.199. The molecule has 0 spiro atoms. The highest BCUT2D eigenvalue weighted by atomic mass is 19.1. The van der Waals surface area contributed by atoms with Crippen molar-refractivity contribution >= 4 is 16.8 Å². The molecular formula is C21H31FN4O. The molecule has 5 nitrogen and oxygen atoms in total. The fraction of sp³-hybridized carbons (Fsp3) is 0.571. The number of hydrogen-bond acceptors (Lipinski definition) is 3. The number of nitrogens with zero attached hydrogens (tertiary/aromatic N) is 1. The number of aromatic nitrogens is 1. The molecular weight excluding hydrogens is 343 g/mol. The first-order chi connectivity index (χ1) is 13.1. The Balaban J connectivity index is 1.58. The standard InChI is InChI=1S/C21H31FN4O/c1-4-9-26(25-6-3)21(27)19(5-2)23-12-14-10-16(14)18-13-24-20-8-7-15(22)11-17(18)20/h7-8,11,13-14,16,19,23-25H,4-6,9-10,12H2,1-3H3. The van der Waals surface area contributed by atoms with Crippen LogP contribution in [0.3, 0.4) is 0 Å². The first-order valence-corrected chi connectivity index (χ1v) is 10.1. The second-order valence-corrected chi connectivity index (χ2v) is 7.41. The minimum absolute atomic E-state index is 0.118. The van der Waals surface area contributed by atoms with Crippen LogP contribution in [0.1, 0.15) is 51.5 Å². The molecule has 3 N–H and O–H groups in total. The number of hydrazine groups is 1. The van der Waals surface area contributed by atoms with Crippen LogP contribution >= 0.6 is 0 Å². The monoisotopic (exact) mass is 374 g/mol. The van der Waals surface area contributed by atoms with Gasteiger partial charge in [-0.2, -0.15) is 0 Å². The molecule has 27 heavy (non-hydrogen) atoms. The van der Waals surface area contributed by atoms with E-state index < -0.39 is 0 Å². The molecule has 1 aliphatic carbocycles. The molecule has 3 atom stereocenters. The Morgan fingerprint density at radius 1 is 1.37 bits per heavy atom. The molecule has 148 valence electrons. The lowest BCUT2D eigenvalue weighted by molar-refractivity contribution is -0.136. The zero-order valence-electron chi connectivity index (χ0n) is 16.5. The van der Waals surface area contributed by atoms with E-state index >= 15 is 0 Å². The van der Waals surface area contributed by atoms with Gasteiger partial charge in [-0.15, -0.1) is 0 Å². The van der Waals surface area contributed by atoms with Crippen LogP contribution in [0.4, 0.5) is 4.39 Å². The highest BCUT2D eigenvalue weighted by molar-refractivity contribution is 5.84. The van der Waals surface area contributed by atoms with Crippen LogP contribution in [-0.4, -0.2) is 41.6 Å². The second-order valence-electron chi connectivity index (χ2n) is 7.41. The molecule has 1 aliphatic rings. The van der Waals surface area contributed by atoms with E-state index in [-0.39, 0.29) is 17.8 Å². The van der Waals surface area contributed by atoms with Crippen LogP contribution in [0.5, 0.6) is 0 Å². The molecule has 1 heterocycles. The SMILES string of the molecule is CCCN(NCC)C(=O)C(CC)NCC1CC1c1c[nH]c2ccc(F)cc12. The predicted octanol–water partition coefficient (Wildman–Crippen LogP) is 3.54. The average Bonchev–Trinajstić information content (AvgIpc) is 3.31. The number of nitrogens with one attached hydrogen (secondary N) is 3. The quantitative estimate of drug-likeness (QED) is 0.558. The number of rotatable bonds is 10.